The molecule has 1 amide bonds. The number of amides is 1. The fourth-order valence-corrected chi connectivity index (χ4v) is 0.965. The Labute approximate surface area is 76.7 Å². The number of methoxy groups -OCH3 is 1. The first-order chi connectivity index (χ1) is 6.26. The van der Waals surface area contributed by atoms with E-state index in [2.05, 4.69) is 11.9 Å². The summed E-state index contributed by atoms with van der Waals surface area (Å²) < 4.78 is 15.0. The first-order valence-corrected chi connectivity index (χ1v) is 3.95. The molecule has 0 spiro atoms. The molecule has 1 heterocycles. The zero-order valence-corrected chi connectivity index (χ0v) is 7.49. The van der Waals surface area contributed by atoms with Crippen LogP contribution in [0.5, 0.6) is 0 Å². The van der Waals surface area contributed by atoms with Crippen LogP contribution >= 0.6 is 0 Å². The molecule has 1 N–H and O–H groups in total. The van der Waals surface area contributed by atoms with E-state index >= 15 is 0 Å². The van der Waals surface area contributed by atoms with E-state index in [9.17, 15) is 4.79 Å². The molecule has 13 heavy (non-hydrogen) atoms. The lowest BCUT2D eigenvalue weighted by atomic mass is 10.3. The molecule has 1 fully saturated rings. The Balaban J connectivity index is 2.24. The van der Waals surface area contributed by atoms with Crippen molar-refractivity contribution in [3.05, 3.63) is 12.7 Å². The van der Waals surface area contributed by atoms with E-state index in [-0.39, 0.29) is 11.9 Å². The summed E-state index contributed by atoms with van der Waals surface area (Å²) in [6.07, 6.45) is 1.21. The highest BCUT2D eigenvalue weighted by atomic mass is 16.8. The quantitative estimate of drug-likeness (QED) is 0.613. The normalized spacial score (nSPS) is 28.1. The number of carbonyl (C=O) groups is 1. The van der Waals surface area contributed by atoms with Crippen LogP contribution in [-0.4, -0.2) is 38.7 Å². The van der Waals surface area contributed by atoms with Crippen molar-refractivity contribution in [1.29, 1.82) is 0 Å². The second-order valence-corrected chi connectivity index (χ2v) is 2.60. The Kier molecular flexibility index (Phi) is 3.88. The Bertz CT molecular complexity index is 187. The summed E-state index contributed by atoms with van der Waals surface area (Å²) in [4.78, 5) is 10.9. The standard InChI is InChI=1S/C8H13NO4/c1-3-7(10)9-6-4-12-8(11-2)13-5-6/h3,6,8H,1,4-5H2,2H3,(H,9,10). The van der Waals surface area contributed by atoms with E-state index < -0.39 is 6.48 Å². The third-order valence-electron chi connectivity index (χ3n) is 1.59. The van der Waals surface area contributed by atoms with Gasteiger partial charge in [-0.2, -0.15) is 0 Å². The van der Waals surface area contributed by atoms with Crippen LogP contribution in [0.25, 0.3) is 0 Å². The average molecular weight is 187 g/mol. The van der Waals surface area contributed by atoms with Gasteiger partial charge in [-0.05, 0) is 6.08 Å². The van der Waals surface area contributed by atoms with E-state index in [1.165, 1.54) is 13.2 Å². The Morgan fingerprint density at radius 1 is 1.62 bits per heavy atom. The molecule has 1 aliphatic heterocycles. The summed E-state index contributed by atoms with van der Waals surface area (Å²) in [7, 11) is 1.49. The van der Waals surface area contributed by atoms with Crippen LogP contribution in [0, 0.1) is 0 Å². The highest BCUT2D eigenvalue weighted by Crippen LogP contribution is 2.05. The zero-order valence-electron chi connectivity index (χ0n) is 7.49. The molecule has 0 unspecified atom stereocenters. The van der Waals surface area contributed by atoms with Crippen molar-refractivity contribution >= 4 is 5.91 Å². The van der Waals surface area contributed by atoms with Crippen molar-refractivity contribution in [3.63, 3.8) is 0 Å². The lowest BCUT2D eigenvalue weighted by Crippen LogP contribution is -2.46. The van der Waals surface area contributed by atoms with Gasteiger partial charge in [-0.1, -0.05) is 6.58 Å². The molecule has 0 atom stereocenters. The van der Waals surface area contributed by atoms with Gasteiger partial charge in [0.2, 0.25) is 5.91 Å². The summed E-state index contributed by atoms with van der Waals surface area (Å²) in [6, 6.07) is -0.128. The van der Waals surface area contributed by atoms with Crippen molar-refractivity contribution in [1.82, 2.24) is 5.32 Å². The zero-order chi connectivity index (χ0) is 9.68. The summed E-state index contributed by atoms with van der Waals surface area (Å²) in [5.74, 6) is -0.229. The monoisotopic (exact) mass is 187 g/mol. The van der Waals surface area contributed by atoms with Crippen LogP contribution < -0.4 is 5.32 Å². The number of ether oxygens (including phenoxy) is 3. The Morgan fingerprint density at radius 3 is 2.69 bits per heavy atom. The van der Waals surface area contributed by atoms with Crippen LogP contribution in [0.2, 0.25) is 0 Å². The molecule has 5 nitrogen and oxygen atoms in total. The number of nitrogens with one attached hydrogen (secondary N) is 1. The number of rotatable bonds is 3. The molecule has 0 aromatic heterocycles. The van der Waals surface area contributed by atoms with Crippen LogP contribution in [0.15, 0.2) is 12.7 Å². The van der Waals surface area contributed by atoms with Gasteiger partial charge in [0.05, 0.1) is 19.3 Å². The van der Waals surface area contributed by atoms with Gasteiger partial charge in [-0.25, -0.2) is 0 Å². The molecular weight excluding hydrogens is 174 g/mol. The van der Waals surface area contributed by atoms with E-state index in [0.29, 0.717) is 13.2 Å². The fourth-order valence-electron chi connectivity index (χ4n) is 0.965. The molecule has 1 aliphatic rings. The maximum Gasteiger partial charge on any atom is 0.271 e. The maximum atomic E-state index is 10.9. The van der Waals surface area contributed by atoms with E-state index in [4.69, 9.17) is 14.2 Å². The first-order valence-electron chi connectivity index (χ1n) is 3.95. The van der Waals surface area contributed by atoms with Gasteiger partial charge in [0.1, 0.15) is 0 Å². The molecule has 0 radical (unpaired) electrons. The minimum Gasteiger partial charge on any atom is -0.345 e. The highest BCUT2D eigenvalue weighted by Gasteiger charge is 2.22. The highest BCUT2D eigenvalue weighted by molar-refractivity contribution is 5.87. The SMILES string of the molecule is C=CC(=O)NC1COC(OC)OC1. The van der Waals surface area contributed by atoms with Crippen LogP contribution in [0.3, 0.4) is 0 Å². The van der Waals surface area contributed by atoms with Gasteiger partial charge >= 0.3 is 0 Å². The van der Waals surface area contributed by atoms with E-state index in [1.807, 2.05) is 0 Å². The first kappa shape index (κ1) is 10.2. The molecule has 0 aromatic rings. The third kappa shape index (κ3) is 3.14. The fraction of sp³-hybridized carbons (Fsp3) is 0.625. The third-order valence-corrected chi connectivity index (χ3v) is 1.59. The molecule has 1 saturated heterocycles. The van der Waals surface area contributed by atoms with Gasteiger partial charge < -0.3 is 19.5 Å². The summed E-state index contributed by atoms with van der Waals surface area (Å²) in [6.45, 7) is 3.50. The predicted molar refractivity (Wildman–Crippen MR) is 44.8 cm³/mol. The maximum absolute atomic E-state index is 10.9. The van der Waals surface area contributed by atoms with E-state index in [0.717, 1.165) is 0 Å². The largest absolute Gasteiger partial charge is 0.345 e. The van der Waals surface area contributed by atoms with Crippen LogP contribution in [-0.2, 0) is 19.0 Å². The lowest BCUT2D eigenvalue weighted by molar-refractivity contribution is -0.305. The molecule has 0 bridgehead atoms. The predicted octanol–water partition coefficient (Wildman–Crippen LogP) is -0.366. The second-order valence-electron chi connectivity index (χ2n) is 2.60. The number of carbonyl (C=O) groups excluding carboxylic acids is 1. The van der Waals surface area contributed by atoms with Gasteiger partial charge in [0.15, 0.2) is 0 Å². The minimum atomic E-state index is -0.614. The van der Waals surface area contributed by atoms with Crippen molar-refractivity contribution in [2.75, 3.05) is 20.3 Å². The minimum absolute atomic E-state index is 0.128. The molecule has 5 heteroatoms. The van der Waals surface area contributed by atoms with Gasteiger partial charge in [0, 0.05) is 7.11 Å². The molecule has 0 aromatic carbocycles. The van der Waals surface area contributed by atoms with Gasteiger partial charge in [0.25, 0.3) is 6.48 Å². The van der Waals surface area contributed by atoms with Gasteiger partial charge in [-0.3, -0.25) is 4.79 Å². The summed E-state index contributed by atoms with van der Waals surface area (Å²) in [5.41, 5.74) is 0. The van der Waals surface area contributed by atoms with Crippen molar-refractivity contribution in [3.8, 4) is 0 Å². The summed E-state index contributed by atoms with van der Waals surface area (Å²) >= 11 is 0. The van der Waals surface area contributed by atoms with Crippen molar-refractivity contribution in [2.45, 2.75) is 12.5 Å². The topological polar surface area (TPSA) is 56.8 Å². The van der Waals surface area contributed by atoms with Crippen LogP contribution in [0.1, 0.15) is 0 Å². The molecule has 0 aliphatic carbocycles. The smallest absolute Gasteiger partial charge is 0.271 e. The second kappa shape index (κ2) is 4.96. The average Bonchev–Trinajstić information content (AvgIpc) is 2.19. The molecule has 74 valence electrons. The molecule has 0 saturated carbocycles. The Hall–Kier alpha value is -0.910. The molecular formula is C8H13NO4. The number of hydrogen-bond acceptors (Lipinski definition) is 4. The van der Waals surface area contributed by atoms with Crippen molar-refractivity contribution in [2.24, 2.45) is 0 Å². The summed E-state index contributed by atoms with van der Waals surface area (Å²) in [5, 5.41) is 2.65. The Morgan fingerprint density at radius 2 is 2.23 bits per heavy atom. The van der Waals surface area contributed by atoms with Crippen LogP contribution in [0.4, 0.5) is 0 Å². The van der Waals surface area contributed by atoms with Crippen molar-refractivity contribution < 1.29 is 19.0 Å². The molecule has 1 rings (SSSR count). The van der Waals surface area contributed by atoms with E-state index in [1.54, 1.807) is 0 Å². The lowest BCUT2D eigenvalue weighted by Gasteiger charge is -2.28. The number of hydrogen-bond donors (Lipinski definition) is 1. The van der Waals surface area contributed by atoms with Gasteiger partial charge in [-0.15, -0.1) is 0 Å².